The number of rotatable bonds is 12. The van der Waals surface area contributed by atoms with E-state index in [9.17, 15) is 5.11 Å². The molecular weight excluding hydrogens is 196 g/mol. The van der Waals surface area contributed by atoms with Crippen LogP contribution in [0.4, 0.5) is 0 Å². The predicted octanol–water partition coefficient (Wildman–Crippen LogP) is 4.84. The lowest BCUT2D eigenvalue weighted by Crippen LogP contribution is -2.03. The summed E-state index contributed by atoms with van der Waals surface area (Å²) >= 11 is 0. The molecular formula is C15H30O. The third-order valence-electron chi connectivity index (χ3n) is 3.08. The highest BCUT2D eigenvalue weighted by Crippen LogP contribution is 2.12. The van der Waals surface area contributed by atoms with Crippen LogP contribution in [0.2, 0.25) is 0 Å². The highest BCUT2D eigenvalue weighted by molar-refractivity contribution is 4.71. The molecule has 0 radical (unpaired) electrons. The van der Waals surface area contributed by atoms with Gasteiger partial charge in [0.05, 0.1) is 6.10 Å². The van der Waals surface area contributed by atoms with Crippen molar-refractivity contribution < 1.29 is 5.11 Å². The number of hydrogen-bond acceptors (Lipinski definition) is 1. The molecule has 1 heteroatoms. The minimum Gasteiger partial charge on any atom is -0.393 e. The summed E-state index contributed by atoms with van der Waals surface area (Å²) < 4.78 is 0. The summed E-state index contributed by atoms with van der Waals surface area (Å²) in [6, 6.07) is 0. The molecule has 0 saturated carbocycles. The summed E-state index contributed by atoms with van der Waals surface area (Å²) in [6.07, 6.45) is 15.5. The molecule has 0 aromatic rings. The van der Waals surface area contributed by atoms with Gasteiger partial charge in [-0.2, -0.15) is 0 Å². The predicted molar refractivity (Wildman–Crippen MR) is 72.7 cm³/mol. The van der Waals surface area contributed by atoms with E-state index in [1.165, 1.54) is 57.8 Å². The largest absolute Gasteiger partial charge is 0.393 e. The van der Waals surface area contributed by atoms with Crippen LogP contribution in [-0.4, -0.2) is 11.2 Å². The first-order valence-electron chi connectivity index (χ1n) is 7.10. The van der Waals surface area contributed by atoms with E-state index in [0.717, 1.165) is 12.8 Å². The molecule has 0 amide bonds. The van der Waals surface area contributed by atoms with Gasteiger partial charge in [0.2, 0.25) is 0 Å². The highest BCUT2D eigenvalue weighted by Gasteiger charge is 2.00. The van der Waals surface area contributed by atoms with Crippen molar-refractivity contribution in [2.75, 3.05) is 0 Å². The zero-order valence-corrected chi connectivity index (χ0v) is 11.1. The van der Waals surface area contributed by atoms with E-state index in [4.69, 9.17) is 0 Å². The minimum atomic E-state index is -0.151. The smallest absolute Gasteiger partial charge is 0.0574 e. The van der Waals surface area contributed by atoms with Crippen molar-refractivity contribution >= 4 is 0 Å². The van der Waals surface area contributed by atoms with Crippen LogP contribution in [0.5, 0.6) is 0 Å². The molecule has 1 nitrogen and oxygen atoms in total. The third kappa shape index (κ3) is 11.8. The number of unbranched alkanes of at least 4 members (excludes halogenated alkanes) is 8. The molecule has 1 atom stereocenters. The minimum absolute atomic E-state index is 0.151. The first-order valence-corrected chi connectivity index (χ1v) is 7.10. The number of aliphatic hydroxyl groups is 1. The van der Waals surface area contributed by atoms with Crippen LogP contribution in [0.1, 0.15) is 77.6 Å². The summed E-state index contributed by atoms with van der Waals surface area (Å²) in [6.45, 7) is 5.89. The zero-order valence-electron chi connectivity index (χ0n) is 11.1. The molecule has 0 fully saturated rings. The molecule has 0 aliphatic carbocycles. The topological polar surface area (TPSA) is 20.2 Å². The fraction of sp³-hybridized carbons (Fsp3) is 0.867. The Morgan fingerprint density at radius 3 is 1.94 bits per heavy atom. The highest BCUT2D eigenvalue weighted by atomic mass is 16.3. The van der Waals surface area contributed by atoms with Crippen molar-refractivity contribution in [1.29, 1.82) is 0 Å². The third-order valence-corrected chi connectivity index (χ3v) is 3.08. The van der Waals surface area contributed by atoms with Crippen LogP contribution in [-0.2, 0) is 0 Å². The van der Waals surface area contributed by atoms with E-state index in [1.54, 1.807) is 6.08 Å². The molecule has 0 aliphatic rings. The quantitative estimate of drug-likeness (QED) is 0.373. The van der Waals surface area contributed by atoms with Crippen LogP contribution in [0, 0.1) is 0 Å². The van der Waals surface area contributed by atoms with Crippen LogP contribution >= 0.6 is 0 Å². The van der Waals surface area contributed by atoms with Gasteiger partial charge in [0.15, 0.2) is 0 Å². The summed E-state index contributed by atoms with van der Waals surface area (Å²) in [4.78, 5) is 0. The normalized spacial score (nSPS) is 12.6. The van der Waals surface area contributed by atoms with Crippen molar-refractivity contribution in [2.24, 2.45) is 0 Å². The maximum absolute atomic E-state index is 9.48. The molecule has 96 valence electrons. The average molecular weight is 226 g/mol. The SMILES string of the molecule is C=CCC(O)CCCCCCCCCCC. The zero-order chi connectivity index (χ0) is 12.1. The summed E-state index contributed by atoms with van der Waals surface area (Å²) in [5.74, 6) is 0. The Kier molecular flexibility index (Phi) is 12.5. The van der Waals surface area contributed by atoms with Gasteiger partial charge in [-0.3, -0.25) is 0 Å². The van der Waals surface area contributed by atoms with Gasteiger partial charge in [-0.25, -0.2) is 0 Å². The Bertz CT molecular complexity index is 142. The second-order valence-electron chi connectivity index (χ2n) is 4.80. The number of aliphatic hydroxyl groups excluding tert-OH is 1. The molecule has 0 aromatic carbocycles. The molecule has 0 aliphatic heterocycles. The number of hydrogen-bond donors (Lipinski definition) is 1. The van der Waals surface area contributed by atoms with Gasteiger partial charge in [-0.15, -0.1) is 6.58 Å². The molecule has 1 unspecified atom stereocenters. The van der Waals surface area contributed by atoms with Crippen LogP contribution < -0.4 is 0 Å². The molecule has 0 bridgehead atoms. The second-order valence-corrected chi connectivity index (χ2v) is 4.80. The van der Waals surface area contributed by atoms with Gasteiger partial charge in [-0.1, -0.05) is 70.8 Å². The van der Waals surface area contributed by atoms with E-state index >= 15 is 0 Å². The lowest BCUT2D eigenvalue weighted by molar-refractivity contribution is 0.164. The Morgan fingerprint density at radius 2 is 1.44 bits per heavy atom. The van der Waals surface area contributed by atoms with Crippen molar-refractivity contribution in [3.63, 3.8) is 0 Å². The lowest BCUT2D eigenvalue weighted by atomic mass is 10.0. The summed E-state index contributed by atoms with van der Waals surface area (Å²) in [7, 11) is 0. The van der Waals surface area contributed by atoms with Crippen molar-refractivity contribution in [1.82, 2.24) is 0 Å². The Hall–Kier alpha value is -0.300. The van der Waals surface area contributed by atoms with E-state index in [2.05, 4.69) is 13.5 Å². The molecule has 16 heavy (non-hydrogen) atoms. The molecule has 0 aromatic heterocycles. The fourth-order valence-electron chi connectivity index (χ4n) is 2.00. The molecule has 0 rings (SSSR count). The van der Waals surface area contributed by atoms with Crippen molar-refractivity contribution in [2.45, 2.75) is 83.7 Å². The van der Waals surface area contributed by atoms with Crippen molar-refractivity contribution in [3.8, 4) is 0 Å². The Balaban J connectivity index is 3.00. The first kappa shape index (κ1) is 15.7. The standard InChI is InChI=1S/C15H30O/c1-3-5-6-7-8-9-10-11-12-14-15(16)13-4-2/h4,15-16H,2-3,5-14H2,1H3. The fourth-order valence-corrected chi connectivity index (χ4v) is 2.00. The maximum atomic E-state index is 9.48. The molecule has 1 N–H and O–H groups in total. The van der Waals surface area contributed by atoms with Crippen LogP contribution in [0.3, 0.4) is 0 Å². The van der Waals surface area contributed by atoms with Gasteiger partial charge >= 0.3 is 0 Å². The van der Waals surface area contributed by atoms with Gasteiger partial charge in [0.25, 0.3) is 0 Å². The summed E-state index contributed by atoms with van der Waals surface area (Å²) in [5.41, 5.74) is 0. The van der Waals surface area contributed by atoms with E-state index in [1.807, 2.05) is 0 Å². The van der Waals surface area contributed by atoms with Gasteiger partial charge in [0.1, 0.15) is 0 Å². The van der Waals surface area contributed by atoms with Crippen LogP contribution in [0.15, 0.2) is 12.7 Å². The van der Waals surface area contributed by atoms with Gasteiger partial charge in [-0.05, 0) is 12.8 Å². The Labute approximate surface area is 102 Å². The van der Waals surface area contributed by atoms with Gasteiger partial charge < -0.3 is 5.11 Å². The molecule has 0 saturated heterocycles. The van der Waals surface area contributed by atoms with E-state index < -0.39 is 0 Å². The van der Waals surface area contributed by atoms with E-state index in [0.29, 0.717) is 0 Å². The molecule has 0 spiro atoms. The van der Waals surface area contributed by atoms with E-state index in [-0.39, 0.29) is 6.10 Å². The Morgan fingerprint density at radius 1 is 0.938 bits per heavy atom. The van der Waals surface area contributed by atoms with Gasteiger partial charge in [0, 0.05) is 0 Å². The molecule has 0 heterocycles. The second kappa shape index (κ2) is 12.8. The van der Waals surface area contributed by atoms with Crippen molar-refractivity contribution in [3.05, 3.63) is 12.7 Å². The summed E-state index contributed by atoms with van der Waals surface area (Å²) in [5, 5.41) is 9.48. The first-order chi connectivity index (χ1) is 7.81. The maximum Gasteiger partial charge on any atom is 0.0574 e. The van der Waals surface area contributed by atoms with Crippen LogP contribution in [0.25, 0.3) is 0 Å². The lowest BCUT2D eigenvalue weighted by Gasteiger charge is -2.07. The monoisotopic (exact) mass is 226 g/mol. The average Bonchev–Trinajstić information content (AvgIpc) is 2.27.